The summed E-state index contributed by atoms with van der Waals surface area (Å²) < 4.78 is 0. The number of carbonyl (C=O) groups is 2. The highest BCUT2D eigenvalue weighted by Crippen LogP contribution is 2.24. The minimum absolute atomic E-state index is 0.221. The Morgan fingerprint density at radius 3 is 2.79 bits per heavy atom. The minimum atomic E-state index is -0.942. The van der Waals surface area contributed by atoms with E-state index in [2.05, 4.69) is 0 Å². The van der Waals surface area contributed by atoms with E-state index in [-0.39, 0.29) is 5.91 Å². The molecule has 1 aromatic rings. The van der Waals surface area contributed by atoms with E-state index >= 15 is 0 Å². The number of carboxylic acids is 1. The Hall–Kier alpha value is -1.69. The van der Waals surface area contributed by atoms with Crippen molar-refractivity contribution in [3.63, 3.8) is 0 Å². The molecule has 0 bridgehead atoms. The van der Waals surface area contributed by atoms with Crippen molar-refractivity contribution in [1.82, 2.24) is 4.90 Å². The Kier molecular flexibility index (Phi) is 3.99. The van der Waals surface area contributed by atoms with Gasteiger partial charge in [0, 0.05) is 31.1 Å². The standard InChI is InChI=1S/C13H16N2O3S/c1-14(2)10-5-3-4-9(6-10)12(16)15-8-19-7-11(15)13(17)18/h3-6,11H,7-8H2,1-2H3,(H,17,18). The molecule has 1 aliphatic rings. The third kappa shape index (κ3) is 2.84. The lowest BCUT2D eigenvalue weighted by molar-refractivity contribution is -0.140. The molecule has 1 atom stereocenters. The normalized spacial score (nSPS) is 18.4. The first-order chi connectivity index (χ1) is 9.00. The van der Waals surface area contributed by atoms with Crippen molar-refractivity contribution in [2.45, 2.75) is 6.04 Å². The van der Waals surface area contributed by atoms with Gasteiger partial charge in [-0.05, 0) is 18.2 Å². The molecule has 1 N–H and O–H groups in total. The molecule has 0 aromatic heterocycles. The number of carboxylic acid groups (broad SMARTS) is 1. The molecule has 19 heavy (non-hydrogen) atoms. The molecule has 0 spiro atoms. The first-order valence-electron chi connectivity index (χ1n) is 5.89. The van der Waals surface area contributed by atoms with Gasteiger partial charge in [-0.2, -0.15) is 0 Å². The third-order valence-electron chi connectivity index (χ3n) is 3.04. The Morgan fingerprint density at radius 2 is 2.16 bits per heavy atom. The predicted molar refractivity (Wildman–Crippen MR) is 75.7 cm³/mol. The lowest BCUT2D eigenvalue weighted by Crippen LogP contribution is -2.41. The average Bonchev–Trinajstić information content (AvgIpc) is 2.87. The smallest absolute Gasteiger partial charge is 0.327 e. The Labute approximate surface area is 116 Å². The fraction of sp³-hybridized carbons (Fsp3) is 0.385. The van der Waals surface area contributed by atoms with E-state index in [0.29, 0.717) is 17.2 Å². The van der Waals surface area contributed by atoms with Crippen molar-refractivity contribution >= 4 is 29.3 Å². The molecule has 0 aliphatic carbocycles. The Morgan fingerprint density at radius 1 is 1.42 bits per heavy atom. The number of rotatable bonds is 3. The number of hydrogen-bond donors (Lipinski definition) is 1. The second-order valence-corrected chi connectivity index (χ2v) is 5.57. The highest BCUT2D eigenvalue weighted by molar-refractivity contribution is 7.99. The van der Waals surface area contributed by atoms with E-state index < -0.39 is 12.0 Å². The van der Waals surface area contributed by atoms with Crippen LogP contribution in [0, 0.1) is 0 Å². The number of aliphatic carboxylic acids is 1. The van der Waals surface area contributed by atoms with Crippen LogP contribution in [0.4, 0.5) is 5.69 Å². The van der Waals surface area contributed by atoms with E-state index in [0.717, 1.165) is 5.69 Å². The maximum atomic E-state index is 12.4. The molecule has 1 saturated heterocycles. The van der Waals surface area contributed by atoms with Crippen LogP contribution in [0.1, 0.15) is 10.4 Å². The fourth-order valence-corrected chi connectivity index (χ4v) is 3.08. The zero-order valence-electron chi connectivity index (χ0n) is 10.9. The number of nitrogens with zero attached hydrogens (tertiary/aromatic N) is 2. The molecule has 1 aliphatic heterocycles. The SMILES string of the molecule is CN(C)c1cccc(C(=O)N2CSCC2C(=O)O)c1. The summed E-state index contributed by atoms with van der Waals surface area (Å²) in [6, 6.07) is 6.49. The molecular formula is C13H16N2O3S. The quantitative estimate of drug-likeness (QED) is 0.905. The van der Waals surface area contributed by atoms with Crippen LogP contribution < -0.4 is 4.90 Å². The van der Waals surface area contributed by atoms with Crippen molar-refractivity contribution in [1.29, 1.82) is 0 Å². The van der Waals surface area contributed by atoms with Gasteiger partial charge in [0.25, 0.3) is 5.91 Å². The van der Waals surface area contributed by atoms with Crippen LogP contribution in [0.15, 0.2) is 24.3 Å². The summed E-state index contributed by atoms with van der Waals surface area (Å²) in [5, 5.41) is 9.11. The second kappa shape index (κ2) is 5.52. The topological polar surface area (TPSA) is 60.9 Å². The maximum absolute atomic E-state index is 12.4. The monoisotopic (exact) mass is 280 g/mol. The molecule has 1 heterocycles. The number of thioether (sulfide) groups is 1. The van der Waals surface area contributed by atoms with Crippen molar-refractivity contribution in [2.24, 2.45) is 0 Å². The number of carbonyl (C=O) groups excluding carboxylic acids is 1. The van der Waals surface area contributed by atoms with Gasteiger partial charge in [-0.15, -0.1) is 11.8 Å². The molecule has 1 amide bonds. The molecule has 6 heteroatoms. The second-order valence-electron chi connectivity index (χ2n) is 4.57. The predicted octanol–water partition coefficient (Wildman–Crippen LogP) is 1.35. The first kappa shape index (κ1) is 13.7. The van der Waals surface area contributed by atoms with Crippen LogP contribution in [0.5, 0.6) is 0 Å². The van der Waals surface area contributed by atoms with Gasteiger partial charge in [0.15, 0.2) is 0 Å². The van der Waals surface area contributed by atoms with Crippen molar-refractivity contribution in [3.8, 4) is 0 Å². The van der Waals surface area contributed by atoms with Gasteiger partial charge in [0.1, 0.15) is 6.04 Å². The summed E-state index contributed by atoms with van der Waals surface area (Å²) in [5.41, 5.74) is 1.45. The molecule has 0 saturated carbocycles. The van der Waals surface area contributed by atoms with E-state index in [9.17, 15) is 9.59 Å². The third-order valence-corrected chi connectivity index (χ3v) is 4.05. The maximum Gasteiger partial charge on any atom is 0.327 e. The first-order valence-corrected chi connectivity index (χ1v) is 7.05. The molecular weight excluding hydrogens is 264 g/mol. The van der Waals surface area contributed by atoms with Crippen LogP contribution >= 0.6 is 11.8 Å². The molecule has 1 unspecified atom stereocenters. The number of amides is 1. The van der Waals surface area contributed by atoms with Gasteiger partial charge in [-0.25, -0.2) is 4.79 Å². The van der Waals surface area contributed by atoms with Crippen LogP contribution in [-0.4, -0.2) is 53.6 Å². The van der Waals surface area contributed by atoms with Crippen LogP contribution in [-0.2, 0) is 4.79 Å². The summed E-state index contributed by atoms with van der Waals surface area (Å²) in [7, 11) is 3.80. The van der Waals surface area contributed by atoms with Crippen molar-refractivity contribution < 1.29 is 14.7 Å². The number of benzene rings is 1. The average molecular weight is 280 g/mol. The summed E-state index contributed by atoms with van der Waals surface area (Å²) in [5.74, 6) is -0.278. The Balaban J connectivity index is 2.24. The van der Waals surface area contributed by atoms with Crippen LogP contribution in [0.25, 0.3) is 0 Å². The molecule has 5 nitrogen and oxygen atoms in total. The highest BCUT2D eigenvalue weighted by Gasteiger charge is 2.34. The molecule has 1 aromatic carbocycles. The number of hydrogen-bond acceptors (Lipinski definition) is 4. The van der Waals surface area contributed by atoms with Crippen LogP contribution in [0.2, 0.25) is 0 Å². The lowest BCUT2D eigenvalue weighted by Gasteiger charge is -2.21. The lowest BCUT2D eigenvalue weighted by atomic mass is 10.1. The largest absolute Gasteiger partial charge is 0.480 e. The fourth-order valence-electron chi connectivity index (χ4n) is 1.93. The van der Waals surface area contributed by atoms with E-state index in [1.165, 1.54) is 16.7 Å². The van der Waals surface area contributed by atoms with Gasteiger partial charge < -0.3 is 14.9 Å². The molecule has 2 rings (SSSR count). The van der Waals surface area contributed by atoms with Gasteiger partial charge in [-0.1, -0.05) is 6.07 Å². The van der Waals surface area contributed by atoms with Crippen molar-refractivity contribution in [2.75, 3.05) is 30.6 Å². The Bertz CT molecular complexity index is 504. The van der Waals surface area contributed by atoms with E-state index in [4.69, 9.17) is 5.11 Å². The van der Waals surface area contributed by atoms with Gasteiger partial charge in [0.2, 0.25) is 0 Å². The zero-order chi connectivity index (χ0) is 14.0. The highest BCUT2D eigenvalue weighted by atomic mass is 32.2. The van der Waals surface area contributed by atoms with Crippen LogP contribution in [0.3, 0.4) is 0 Å². The summed E-state index contributed by atoms with van der Waals surface area (Å²) in [4.78, 5) is 26.8. The molecule has 1 fully saturated rings. The summed E-state index contributed by atoms with van der Waals surface area (Å²) in [6.45, 7) is 0. The number of anilines is 1. The van der Waals surface area contributed by atoms with Gasteiger partial charge >= 0.3 is 5.97 Å². The minimum Gasteiger partial charge on any atom is -0.480 e. The summed E-state index contributed by atoms with van der Waals surface area (Å²) in [6.07, 6.45) is 0. The zero-order valence-corrected chi connectivity index (χ0v) is 11.7. The summed E-state index contributed by atoms with van der Waals surface area (Å²) >= 11 is 1.47. The van der Waals surface area contributed by atoms with E-state index in [1.807, 2.05) is 31.1 Å². The van der Waals surface area contributed by atoms with Gasteiger partial charge in [-0.3, -0.25) is 4.79 Å². The van der Waals surface area contributed by atoms with Gasteiger partial charge in [0.05, 0.1) is 5.88 Å². The van der Waals surface area contributed by atoms with Crippen molar-refractivity contribution in [3.05, 3.63) is 29.8 Å². The van der Waals surface area contributed by atoms with E-state index in [1.54, 1.807) is 12.1 Å². The molecule has 102 valence electrons. The molecule has 0 radical (unpaired) electrons.